The number of aliphatic hydroxyl groups is 1. The average Bonchev–Trinajstić information content (AvgIpc) is 2.81. The third kappa shape index (κ3) is 2.81. The van der Waals surface area contributed by atoms with Gasteiger partial charge in [0.25, 0.3) is 0 Å². The number of ether oxygens (including phenoxy) is 2. The molecule has 1 aromatic carbocycles. The number of rotatable bonds is 5. The van der Waals surface area contributed by atoms with Crippen molar-refractivity contribution < 1.29 is 14.6 Å². The molecule has 0 fully saturated rings. The molecule has 1 N–H and O–H groups in total. The molecule has 1 aromatic heterocycles. The lowest BCUT2D eigenvalue weighted by atomic mass is 10.2. The second-order valence-electron chi connectivity index (χ2n) is 3.95. The molecule has 0 saturated heterocycles. The van der Waals surface area contributed by atoms with Gasteiger partial charge in [0.2, 0.25) is 0 Å². The first-order chi connectivity index (χ1) is 8.72. The molecule has 5 heteroatoms. The summed E-state index contributed by atoms with van der Waals surface area (Å²) in [6.07, 6.45) is 3.64. The van der Waals surface area contributed by atoms with Crippen molar-refractivity contribution in [2.45, 2.75) is 13.2 Å². The molecule has 0 spiro atoms. The van der Waals surface area contributed by atoms with E-state index in [-0.39, 0.29) is 6.61 Å². The van der Waals surface area contributed by atoms with Crippen LogP contribution in [0, 0.1) is 0 Å². The second kappa shape index (κ2) is 5.55. The second-order valence-corrected chi connectivity index (χ2v) is 3.95. The summed E-state index contributed by atoms with van der Waals surface area (Å²) in [5.74, 6) is 1.27. The van der Waals surface area contributed by atoms with Crippen molar-refractivity contribution in [2.75, 3.05) is 7.11 Å². The maximum atomic E-state index is 9.10. The van der Waals surface area contributed by atoms with Crippen LogP contribution in [0.3, 0.4) is 0 Å². The lowest BCUT2D eigenvalue weighted by Gasteiger charge is -2.11. The van der Waals surface area contributed by atoms with Gasteiger partial charge in [-0.2, -0.15) is 5.10 Å². The highest BCUT2D eigenvalue weighted by Gasteiger charge is 2.06. The minimum atomic E-state index is -0.0206. The van der Waals surface area contributed by atoms with Crippen molar-refractivity contribution in [3.63, 3.8) is 0 Å². The van der Waals surface area contributed by atoms with Crippen molar-refractivity contribution in [2.24, 2.45) is 7.05 Å². The Labute approximate surface area is 106 Å². The largest absolute Gasteiger partial charge is 0.493 e. The Kier molecular flexibility index (Phi) is 3.84. The molecular formula is C13H16N2O3. The fourth-order valence-electron chi connectivity index (χ4n) is 1.64. The van der Waals surface area contributed by atoms with Gasteiger partial charge in [-0.15, -0.1) is 0 Å². The van der Waals surface area contributed by atoms with Crippen LogP contribution in [-0.4, -0.2) is 22.0 Å². The van der Waals surface area contributed by atoms with Gasteiger partial charge in [0.15, 0.2) is 11.5 Å². The first-order valence-electron chi connectivity index (χ1n) is 5.61. The van der Waals surface area contributed by atoms with Crippen molar-refractivity contribution in [3.8, 4) is 11.5 Å². The first-order valence-corrected chi connectivity index (χ1v) is 5.61. The highest BCUT2D eigenvalue weighted by molar-refractivity contribution is 5.42. The number of aromatic nitrogens is 2. The van der Waals surface area contributed by atoms with Crippen LogP contribution >= 0.6 is 0 Å². The van der Waals surface area contributed by atoms with E-state index in [0.29, 0.717) is 18.1 Å². The number of nitrogens with zero attached hydrogens (tertiary/aromatic N) is 2. The predicted octanol–water partition coefficient (Wildman–Crippen LogP) is 1.50. The molecule has 96 valence electrons. The van der Waals surface area contributed by atoms with Crippen molar-refractivity contribution >= 4 is 0 Å². The SMILES string of the molecule is COc1ccc(CO)cc1OCc1cnn(C)c1. The summed E-state index contributed by atoms with van der Waals surface area (Å²) in [5, 5.41) is 13.2. The summed E-state index contributed by atoms with van der Waals surface area (Å²) in [4.78, 5) is 0. The molecule has 0 amide bonds. The van der Waals surface area contributed by atoms with Gasteiger partial charge in [-0.3, -0.25) is 4.68 Å². The molecule has 2 rings (SSSR count). The average molecular weight is 248 g/mol. The number of hydrogen-bond donors (Lipinski definition) is 1. The zero-order chi connectivity index (χ0) is 13.0. The number of aliphatic hydroxyl groups excluding tert-OH is 1. The molecule has 0 radical (unpaired) electrons. The molecule has 0 atom stereocenters. The number of methoxy groups -OCH3 is 1. The van der Waals surface area contributed by atoms with E-state index in [1.807, 2.05) is 13.2 Å². The van der Waals surface area contributed by atoms with Crippen molar-refractivity contribution in [3.05, 3.63) is 41.7 Å². The van der Waals surface area contributed by atoms with Gasteiger partial charge in [-0.25, -0.2) is 0 Å². The van der Waals surface area contributed by atoms with Crippen LogP contribution < -0.4 is 9.47 Å². The van der Waals surface area contributed by atoms with Crippen LogP contribution in [0.15, 0.2) is 30.6 Å². The maximum absolute atomic E-state index is 9.10. The summed E-state index contributed by atoms with van der Waals surface area (Å²) in [6, 6.07) is 5.36. The van der Waals surface area contributed by atoms with Crippen LogP contribution in [0.4, 0.5) is 0 Å². The minimum absolute atomic E-state index is 0.0206. The molecule has 0 aliphatic rings. The molecule has 0 bridgehead atoms. The van der Waals surface area contributed by atoms with Crippen LogP contribution in [0.1, 0.15) is 11.1 Å². The van der Waals surface area contributed by atoms with Gasteiger partial charge in [0.05, 0.1) is 19.9 Å². The quantitative estimate of drug-likeness (QED) is 0.871. The van der Waals surface area contributed by atoms with Gasteiger partial charge < -0.3 is 14.6 Å². The molecule has 5 nitrogen and oxygen atoms in total. The van der Waals surface area contributed by atoms with Crippen molar-refractivity contribution in [1.82, 2.24) is 9.78 Å². The maximum Gasteiger partial charge on any atom is 0.162 e. The molecule has 0 saturated carbocycles. The van der Waals surface area contributed by atoms with Gasteiger partial charge >= 0.3 is 0 Å². The van der Waals surface area contributed by atoms with Gasteiger partial charge in [0.1, 0.15) is 6.61 Å². The monoisotopic (exact) mass is 248 g/mol. The number of hydrogen-bond acceptors (Lipinski definition) is 4. The summed E-state index contributed by atoms with van der Waals surface area (Å²) < 4.78 is 12.6. The molecule has 2 aromatic rings. The first kappa shape index (κ1) is 12.4. The van der Waals surface area contributed by atoms with E-state index in [4.69, 9.17) is 14.6 Å². The molecule has 1 heterocycles. The fraction of sp³-hybridized carbons (Fsp3) is 0.308. The Balaban J connectivity index is 2.11. The van der Waals surface area contributed by atoms with E-state index in [1.54, 1.807) is 36.2 Å². The standard InChI is InChI=1S/C13H16N2O3/c1-15-7-11(6-14-15)9-18-13-5-10(8-16)3-4-12(13)17-2/h3-7,16H,8-9H2,1-2H3. The summed E-state index contributed by atoms with van der Waals surface area (Å²) in [6.45, 7) is 0.395. The van der Waals surface area contributed by atoms with Crippen LogP contribution in [-0.2, 0) is 20.3 Å². The van der Waals surface area contributed by atoms with E-state index >= 15 is 0 Å². The summed E-state index contributed by atoms with van der Waals surface area (Å²) >= 11 is 0. The molecule has 18 heavy (non-hydrogen) atoms. The van der Waals surface area contributed by atoms with E-state index in [9.17, 15) is 0 Å². The van der Waals surface area contributed by atoms with E-state index < -0.39 is 0 Å². The lowest BCUT2D eigenvalue weighted by molar-refractivity contribution is 0.271. The summed E-state index contributed by atoms with van der Waals surface area (Å²) in [5.41, 5.74) is 1.77. The Hall–Kier alpha value is -2.01. The highest BCUT2D eigenvalue weighted by atomic mass is 16.5. The molecule has 0 aliphatic heterocycles. The van der Waals surface area contributed by atoms with E-state index in [1.165, 1.54) is 0 Å². The minimum Gasteiger partial charge on any atom is -0.493 e. The zero-order valence-electron chi connectivity index (χ0n) is 10.5. The number of benzene rings is 1. The van der Waals surface area contributed by atoms with Gasteiger partial charge in [0, 0.05) is 18.8 Å². The van der Waals surface area contributed by atoms with Gasteiger partial charge in [-0.05, 0) is 17.7 Å². The molecule has 0 aliphatic carbocycles. The predicted molar refractivity (Wildman–Crippen MR) is 66.5 cm³/mol. The smallest absolute Gasteiger partial charge is 0.162 e. The fourth-order valence-corrected chi connectivity index (χ4v) is 1.64. The molecule has 0 unspecified atom stereocenters. The zero-order valence-corrected chi connectivity index (χ0v) is 10.5. The number of aryl methyl sites for hydroxylation is 1. The molecular weight excluding hydrogens is 232 g/mol. The normalized spacial score (nSPS) is 10.4. The Bertz CT molecular complexity index is 523. The van der Waals surface area contributed by atoms with Crippen LogP contribution in [0.5, 0.6) is 11.5 Å². The Morgan fingerprint density at radius 1 is 1.28 bits per heavy atom. The topological polar surface area (TPSA) is 56.5 Å². The van der Waals surface area contributed by atoms with Crippen molar-refractivity contribution in [1.29, 1.82) is 0 Å². The Morgan fingerprint density at radius 3 is 2.72 bits per heavy atom. The third-order valence-corrected chi connectivity index (χ3v) is 2.56. The lowest BCUT2D eigenvalue weighted by Crippen LogP contribution is -1.98. The van der Waals surface area contributed by atoms with E-state index in [2.05, 4.69) is 5.10 Å². The summed E-state index contributed by atoms with van der Waals surface area (Å²) in [7, 11) is 3.45. The van der Waals surface area contributed by atoms with E-state index in [0.717, 1.165) is 11.1 Å². The highest BCUT2D eigenvalue weighted by Crippen LogP contribution is 2.28. The third-order valence-electron chi connectivity index (χ3n) is 2.56. The van der Waals surface area contributed by atoms with Gasteiger partial charge in [-0.1, -0.05) is 6.07 Å². The van der Waals surface area contributed by atoms with Crippen LogP contribution in [0.25, 0.3) is 0 Å². The van der Waals surface area contributed by atoms with Crippen LogP contribution in [0.2, 0.25) is 0 Å². The Morgan fingerprint density at radius 2 is 2.11 bits per heavy atom.